The molecule has 0 bridgehead atoms. The minimum atomic E-state index is 0.203. The van der Waals surface area contributed by atoms with Gasteiger partial charge in [-0.15, -0.1) is 0 Å². The van der Waals surface area contributed by atoms with Crippen LogP contribution in [0.15, 0.2) is 24.3 Å². The summed E-state index contributed by atoms with van der Waals surface area (Å²) in [5, 5.41) is 4.97. The Bertz CT molecular complexity index is 841. The van der Waals surface area contributed by atoms with Crippen molar-refractivity contribution in [3.63, 3.8) is 0 Å². The summed E-state index contributed by atoms with van der Waals surface area (Å²) in [7, 11) is 1.68. The highest BCUT2D eigenvalue weighted by molar-refractivity contribution is 7.71. The van der Waals surface area contributed by atoms with Crippen molar-refractivity contribution in [1.29, 1.82) is 0 Å². The lowest BCUT2D eigenvalue weighted by Crippen LogP contribution is -2.33. The van der Waals surface area contributed by atoms with Crippen LogP contribution in [-0.4, -0.2) is 52.2 Å². The lowest BCUT2D eigenvalue weighted by atomic mass is 10.1. The third-order valence-electron chi connectivity index (χ3n) is 5.26. The van der Waals surface area contributed by atoms with Gasteiger partial charge in [0.15, 0.2) is 10.6 Å². The van der Waals surface area contributed by atoms with Crippen molar-refractivity contribution in [3.8, 4) is 17.1 Å². The van der Waals surface area contributed by atoms with Gasteiger partial charge in [0.1, 0.15) is 5.75 Å². The van der Waals surface area contributed by atoms with Crippen molar-refractivity contribution < 1.29 is 9.47 Å². The first-order chi connectivity index (χ1) is 14.4. The second kappa shape index (κ2) is 10.6. The maximum Gasteiger partial charge on any atom is 0.199 e. The van der Waals surface area contributed by atoms with Gasteiger partial charge in [-0.1, -0.05) is 27.7 Å². The van der Waals surface area contributed by atoms with Crippen molar-refractivity contribution in [1.82, 2.24) is 19.2 Å². The summed E-state index contributed by atoms with van der Waals surface area (Å²) in [6.07, 6.45) is 2.39. The van der Waals surface area contributed by atoms with Gasteiger partial charge in [-0.05, 0) is 61.2 Å². The summed E-state index contributed by atoms with van der Waals surface area (Å²) in [6, 6.07) is 8.04. The quantitative estimate of drug-likeness (QED) is 0.503. The first-order valence-corrected chi connectivity index (χ1v) is 11.4. The Morgan fingerprint density at radius 2 is 1.83 bits per heavy atom. The summed E-state index contributed by atoms with van der Waals surface area (Å²) in [5.41, 5.74) is 1.04. The van der Waals surface area contributed by atoms with E-state index in [4.69, 9.17) is 26.8 Å². The van der Waals surface area contributed by atoms with Crippen LogP contribution >= 0.6 is 12.2 Å². The molecule has 30 heavy (non-hydrogen) atoms. The number of ether oxygens (including phenoxy) is 2. The Morgan fingerprint density at radius 3 is 2.37 bits per heavy atom. The molecule has 1 atom stereocenters. The first kappa shape index (κ1) is 23.0. The predicted molar refractivity (Wildman–Crippen MR) is 123 cm³/mol. The van der Waals surface area contributed by atoms with Crippen LogP contribution in [0.2, 0.25) is 0 Å². The van der Waals surface area contributed by atoms with Gasteiger partial charge in [-0.3, -0.25) is 9.47 Å². The van der Waals surface area contributed by atoms with E-state index in [-0.39, 0.29) is 6.10 Å². The Kier molecular flexibility index (Phi) is 8.08. The van der Waals surface area contributed by atoms with Crippen LogP contribution in [0.5, 0.6) is 5.75 Å². The zero-order valence-electron chi connectivity index (χ0n) is 19.0. The van der Waals surface area contributed by atoms with E-state index in [1.165, 1.54) is 0 Å². The molecule has 1 aromatic carbocycles. The van der Waals surface area contributed by atoms with Gasteiger partial charge in [0.2, 0.25) is 0 Å². The molecular weight excluding hydrogens is 396 g/mol. The summed E-state index contributed by atoms with van der Waals surface area (Å²) in [4.78, 5) is 2.45. The van der Waals surface area contributed by atoms with Crippen molar-refractivity contribution in [2.45, 2.75) is 59.9 Å². The molecule has 1 aliphatic heterocycles. The second-order valence-corrected chi connectivity index (χ2v) is 9.41. The summed E-state index contributed by atoms with van der Waals surface area (Å²) < 4.78 is 16.1. The van der Waals surface area contributed by atoms with Gasteiger partial charge in [-0.25, -0.2) is 4.68 Å². The number of hydrogen-bond donors (Lipinski definition) is 0. The Balaban J connectivity index is 1.94. The molecule has 1 saturated heterocycles. The SMILES string of the molecule is COc1ccc(-c2nn(CN(CC(C)C)CC(C)C)c(=S)n2C[C@@H]2CCCO2)cc1. The predicted octanol–water partition coefficient (Wildman–Crippen LogP) is 4.84. The molecule has 2 heterocycles. The zero-order valence-corrected chi connectivity index (χ0v) is 19.8. The molecule has 2 aromatic rings. The maximum absolute atomic E-state index is 5.90. The van der Waals surface area contributed by atoms with Gasteiger partial charge >= 0.3 is 0 Å². The third kappa shape index (κ3) is 5.93. The number of benzene rings is 1. The molecule has 166 valence electrons. The van der Waals surface area contributed by atoms with Crippen LogP contribution in [0.1, 0.15) is 40.5 Å². The fraction of sp³-hybridized carbons (Fsp3) is 0.652. The summed E-state index contributed by atoms with van der Waals surface area (Å²) >= 11 is 5.90. The average molecular weight is 433 g/mol. The molecule has 0 spiro atoms. The number of aromatic nitrogens is 3. The molecule has 3 rings (SSSR count). The first-order valence-electron chi connectivity index (χ1n) is 11.0. The number of hydrogen-bond acceptors (Lipinski definition) is 5. The van der Waals surface area contributed by atoms with E-state index < -0.39 is 0 Å². The van der Waals surface area contributed by atoms with Crippen LogP contribution in [0.3, 0.4) is 0 Å². The third-order valence-corrected chi connectivity index (χ3v) is 5.69. The van der Waals surface area contributed by atoms with E-state index in [1.807, 2.05) is 28.9 Å². The lowest BCUT2D eigenvalue weighted by Gasteiger charge is -2.25. The van der Waals surface area contributed by atoms with Crippen LogP contribution in [-0.2, 0) is 18.0 Å². The van der Waals surface area contributed by atoms with Gasteiger partial charge < -0.3 is 9.47 Å². The zero-order chi connectivity index (χ0) is 21.7. The van der Waals surface area contributed by atoms with Crippen LogP contribution in [0.25, 0.3) is 11.4 Å². The number of methoxy groups -OCH3 is 1. The van der Waals surface area contributed by atoms with E-state index >= 15 is 0 Å². The minimum absolute atomic E-state index is 0.203. The highest BCUT2D eigenvalue weighted by Gasteiger charge is 2.22. The van der Waals surface area contributed by atoms with Crippen LogP contribution in [0.4, 0.5) is 0 Å². The average Bonchev–Trinajstić information content (AvgIpc) is 3.31. The molecular formula is C23H36N4O2S. The summed E-state index contributed by atoms with van der Waals surface area (Å²) in [6.45, 7) is 13.4. The summed E-state index contributed by atoms with van der Waals surface area (Å²) in [5.74, 6) is 2.91. The Hall–Kier alpha value is -1.70. The normalized spacial score (nSPS) is 16.9. The monoisotopic (exact) mass is 432 g/mol. The standard InChI is InChI=1S/C23H36N4O2S/c1-17(2)13-25(14-18(3)4)16-27-23(30)26(15-21-7-6-12-29-21)22(24-27)19-8-10-20(28-5)11-9-19/h8-11,17-18,21H,6-7,12-16H2,1-5H3/t21-/m0/s1. The van der Waals surface area contributed by atoms with Crippen molar-refractivity contribution >= 4 is 12.2 Å². The maximum atomic E-state index is 5.90. The molecule has 7 heteroatoms. The second-order valence-electron chi connectivity index (χ2n) is 9.04. The molecule has 1 aliphatic rings. The molecule has 0 unspecified atom stereocenters. The van der Waals surface area contributed by atoms with Crippen LogP contribution in [0, 0.1) is 16.6 Å². The highest BCUT2D eigenvalue weighted by atomic mass is 32.1. The molecule has 1 aromatic heterocycles. The van der Waals surface area contributed by atoms with E-state index in [2.05, 4.69) is 37.2 Å². The minimum Gasteiger partial charge on any atom is -0.497 e. The molecule has 0 radical (unpaired) electrons. The van der Waals surface area contributed by atoms with Gasteiger partial charge in [0.05, 0.1) is 26.4 Å². The molecule has 0 N–H and O–H groups in total. The Labute approximate surface area is 185 Å². The van der Waals surface area contributed by atoms with Gasteiger partial charge in [-0.2, -0.15) is 5.10 Å². The molecule has 0 saturated carbocycles. The van der Waals surface area contributed by atoms with Crippen LogP contribution < -0.4 is 4.74 Å². The van der Waals surface area contributed by atoms with E-state index in [9.17, 15) is 0 Å². The van der Waals surface area contributed by atoms with E-state index in [0.29, 0.717) is 18.5 Å². The van der Waals surface area contributed by atoms with Crippen molar-refractivity contribution in [2.75, 3.05) is 26.8 Å². The number of nitrogens with zero attached hydrogens (tertiary/aromatic N) is 4. The molecule has 6 nitrogen and oxygen atoms in total. The molecule has 0 amide bonds. The van der Waals surface area contributed by atoms with Crippen molar-refractivity contribution in [3.05, 3.63) is 29.0 Å². The van der Waals surface area contributed by atoms with Gasteiger partial charge in [0, 0.05) is 25.3 Å². The Morgan fingerprint density at radius 1 is 1.17 bits per heavy atom. The highest BCUT2D eigenvalue weighted by Crippen LogP contribution is 2.24. The van der Waals surface area contributed by atoms with Gasteiger partial charge in [0.25, 0.3) is 0 Å². The molecule has 1 fully saturated rings. The van der Waals surface area contributed by atoms with E-state index in [0.717, 1.165) is 61.0 Å². The van der Waals surface area contributed by atoms with Crippen molar-refractivity contribution in [2.24, 2.45) is 11.8 Å². The molecule has 0 aliphatic carbocycles. The number of rotatable bonds is 10. The topological polar surface area (TPSA) is 44.5 Å². The fourth-order valence-corrected chi connectivity index (χ4v) is 4.32. The largest absolute Gasteiger partial charge is 0.497 e. The van der Waals surface area contributed by atoms with E-state index in [1.54, 1.807) is 7.11 Å². The smallest absolute Gasteiger partial charge is 0.199 e. The fourth-order valence-electron chi connectivity index (χ4n) is 4.06. The lowest BCUT2D eigenvalue weighted by molar-refractivity contribution is 0.0965.